The highest BCUT2D eigenvalue weighted by Gasteiger charge is 2.27. The minimum Gasteiger partial charge on any atom is -0.455 e. The van der Waals surface area contributed by atoms with E-state index in [0.29, 0.717) is 37.3 Å². The lowest BCUT2D eigenvalue weighted by atomic mass is 9.97. The lowest BCUT2D eigenvalue weighted by Crippen LogP contribution is -2.38. The molecule has 1 amide bonds. The number of nitrogens with zero attached hydrogens (tertiary/aromatic N) is 7. The van der Waals surface area contributed by atoms with Gasteiger partial charge in [0.15, 0.2) is 18.1 Å². The Morgan fingerprint density at radius 2 is 1.84 bits per heavy atom. The Bertz CT molecular complexity index is 1620. The van der Waals surface area contributed by atoms with Gasteiger partial charge in [0.2, 0.25) is 0 Å². The molecule has 11 nitrogen and oxygen atoms in total. The molecule has 0 aliphatic carbocycles. The van der Waals surface area contributed by atoms with Crippen LogP contribution in [0.1, 0.15) is 19.8 Å². The van der Waals surface area contributed by atoms with Crippen molar-refractivity contribution in [3.63, 3.8) is 0 Å². The number of fused-ring (bicyclic) bond motifs is 4. The number of tetrazole rings is 1. The summed E-state index contributed by atoms with van der Waals surface area (Å²) in [7, 11) is 0. The summed E-state index contributed by atoms with van der Waals surface area (Å²) < 4.78 is 9.00. The Hall–Kier alpha value is -4.54. The van der Waals surface area contributed by atoms with Gasteiger partial charge in [0.05, 0.1) is 5.92 Å². The van der Waals surface area contributed by atoms with Crippen molar-refractivity contribution in [1.29, 1.82) is 0 Å². The van der Waals surface area contributed by atoms with Crippen LogP contribution in [0.2, 0.25) is 0 Å². The van der Waals surface area contributed by atoms with Crippen LogP contribution >= 0.6 is 0 Å². The summed E-state index contributed by atoms with van der Waals surface area (Å²) >= 11 is 0. The van der Waals surface area contributed by atoms with Gasteiger partial charge >= 0.3 is 5.97 Å². The average molecular weight is 499 g/mol. The monoisotopic (exact) mass is 498 g/mol. The zero-order chi connectivity index (χ0) is 25.4. The second-order valence-electron chi connectivity index (χ2n) is 9.13. The fourth-order valence-corrected chi connectivity index (χ4v) is 5.08. The fraction of sp³-hybridized carbons (Fsp3) is 0.308. The number of para-hydroxylation sites is 1. The molecular weight excluding hydrogens is 472 g/mol. The molecule has 1 aliphatic rings. The lowest BCUT2D eigenvalue weighted by molar-refractivity contribution is -0.152. The maximum Gasteiger partial charge on any atom is 0.309 e. The van der Waals surface area contributed by atoms with Crippen molar-refractivity contribution in [2.75, 3.05) is 29.9 Å². The van der Waals surface area contributed by atoms with Crippen LogP contribution in [0.3, 0.4) is 0 Å². The molecule has 0 radical (unpaired) electrons. The molecule has 11 heteroatoms. The maximum absolute atomic E-state index is 12.6. The highest BCUT2D eigenvalue weighted by molar-refractivity contribution is 6.09. The van der Waals surface area contributed by atoms with Crippen LogP contribution in [0.25, 0.3) is 27.5 Å². The quantitative estimate of drug-likeness (QED) is 0.355. The molecular formula is C26H26N8O3. The second-order valence-corrected chi connectivity index (χ2v) is 9.13. The Balaban J connectivity index is 1.04. The molecule has 0 saturated carbocycles. The van der Waals surface area contributed by atoms with Gasteiger partial charge < -0.3 is 19.5 Å². The summed E-state index contributed by atoms with van der Waals surface area (Å²) in [6.45, 7) is 3.96. The van der Waals surface area contributed by atoms with E-state index in [4.69, 9.17) is 4.74 Å². The topological polar surface area (TPSA) is 120 Å². The number of aromatic nitrogens is 6. The molecule has 1 aliphatic heterocycles. The number of piperidine rings is 1. The predicted molar refractivity (Wildman–Crippen MR) is 138 cm³/mol. The van der Waals surface area contributed by atoms with E-state index in [2.05, 4.69) is 54.5 Å². The molecule has 3 aromatic heterocycles. The summed E-state index contributed by atoms with van der Waals surface area (Å²) in [4.78, 5) is 27.3. The number of carbonyl (C=O) groups is 2. The van der Waals surface area contributed by atoms with Crippen molar-refractivity contribution in [3.8, 4) is 0 Å². The molecule has 188 valence electrons. The summed E-state index contributed by atoms with van der Waals surface area (Å²) in [5.74, 6) is -0.203. The number of ether oxygens (including phenoxy) is 1. The van der Waals surface area contributed by atoms with Gasteiger partial charge in [0.25, 0.3) is 5.91 Å². The summed E-state index contributed by atoms with van der Waals surface area (Å²) in [6.07, 6.45) is 1.24. The van der Waals surface area contributed by atoms with E-state index in [9.17, 15) is 9.59 Å². The molecule has 2 aromatic carbocycles. The third kappa shape index (κ3) is 4.32. The molecule has 37 heavy (non-hydrogen) atoms. The van der Waals surface area contributed by atoms with E-state index in [0.717, 1.165) is 34.2 Å². The predicted octanol–water partition coefficient (Wildman–Crippen LogP) is 3.05. The van der Waals surface area contributed by atoms with Gasteiger partial charge in [0.1, 0.15) is 0 Å². The Kier molecular flexibility index (Phi) is 5.87. The highest BCUT2D eigenvalue weighted by Crippen LogP contribution is 2.31. The zero-order valence-electron chi connectivity index (χ0n) is 20.4. The number of amides is 1. The summed E-state index contributed by atoms with van der Waals surface area (Å²) in [5, 5.41) is 20.8. The van der Waals surface area contributed by atoms with E-state index >= 15 is 0 Å². The van der Waals surface area contributed by atoms with Crippen molar-refractivity contribution in [1.82, 2.24) is 29.8 Å². The smallest absolute Gasteiger partial charge is 0.309 e. The Labute approximate surface area is 212 Å². The third-order valence-electron chi connectivity index (χ3n) is 6.93. The van der Waals surface area contributed by atoms with Gasteiger partial charge in [-0.1, -0.05) is 18.2 Å². The first-order valence-electron chi connectivity index (χ1n) is 12.4. The molecule has 1 N–H and O–H groups in total. The average Bonchev–Trinajstić information content (AvgIpc) is 3.53. The van der Waals surface area contributed by atoms with Crippen molar-refractivity contribution < 1.29 is 14.3 Å². The van der Waals surface area contributed by atoms with Crippen molar-refractivity contribution in [2.24, 2.45) is 5.92 Å². The molecule has 0 unspecified atom stereocenters. The first-order valence-corrected chi connectivity index (χ1v) is 12.4. The third-order valence-corrected chi connectivity index (χ3v) is 6.93. The van der Waals surface area contributed by atoms with Crippen LogP contribution in [0.5, 0.6) is 0 Å². The van der Waals surface area contributed by atoms with E-state index in [1.54, 1.807) is 6.07 Å². The Morgan fingerprint density at radius 1 is 1.03 bits per heavy atom. The van der Waals surface area contributed by atoms with Crippen LogP contribution in [0.15, 0.2) is 54.6 Å². The number of rotatable bonds is 6. The van der Waals surface area contributed by atoms with E-state index in [1.807, 2.05) is 36.4 Å². The highest BCUT2D eigenvalue weighted by atomic mass is 16.5. The number of aryl methyl sites for hydroxylation is 1. The van der Waals surface area contributed by atoms with Crippen LogP contribution in [-0.4, -0.2) is 61.4 Å². The number of nitrogens with one attached hydrogen (secondary N) is 1. The molecule has 0 atom stereocenters. The van der Waals surface area contributed by atoms with E-state index in [-0.39, 0.29) is 24.4 Å². The standard InChI is InChI=1S/C26H26N8O3/c1-2-33-21-6-4-3-5-19(21)20-15-18(7-8-22(20)33)27-25(35)16-37-26(36)17-11-13-32(14-12-17)24-10-9-23-28-30-31-34(23)29-24/h3-10,15,17H,2,11-14,16H2,1H3,(H,27,35). The minimum atomic E-state index is -0.358. The zero-order valence-corrected chi connectivity index (χ0v) is 20.4. The number of hydrogen-bond donors (Lipinski definition) is 1. The van der Waals surface area contributed by atoms with Gasteiger partial charge in [-0.05, 0) is 66.6 Å². The number of hydrogen-bond acceptors (Lipinski definition) is 8. The molecule has 4 heterocycles. The first kappa shape index (κ1) is 22.9. The van der Waals surface area contributed by atoms with Crippen LogP contribution in [0, 0.1) is 5.92 Å². The fourth-order valence-electron chi connectivity index (χ4n) is 5.08. The maximum atomic E-state index is 12.6. The Morgan fingerprint density at radius 3 is 2.68 bits per heavy atom. The number of benzene rings is 2. The largest absolute Gasteiger partial charge is 0.455 e. The molecule has 0 bridgehead atoms. The second kappa shape index (κ2) is 9.49. The first-order chi connectivity index (χ1) is 18.1. The lowest BCUT2D eigenvalue weighted by Gasteiger charge is -2.31. The number of esters is 1. The summed E-state index contributed by atoms with van der Waals surface area (Å²) in [6, 6.07) is 17.8. The van der Waals surface area contributed by atoms with E-state index < -0.39 is 0 Å². The normalized spacial score (nSPS) is 14.5. The van der Waals surface area contributed by atoms with Gasteiger partial charge in [0, 0.05) is 47.1 Å². The molecule has 5 aromatic rings. The van der Waals surface area contributed by atoms with Gasteiger partial charge in [-0.15, -0.1) is 14.8 Å². The molecule has 1 saturated heterocycles. The summed E-state index contributed by atoms with van der Waals surface area (Å²) in [5.41, 5.74) is 3.53. The molecule has 6 rings (SSSR count). The van der Waals surface area contributed by atoms with Crippen LogP contribution in [0.4, 0.5) is 11.5 Å². The van der Waals surface area contributed by atoms with Gasteiger partial charge in [-0.25, -0.2) is 0 Å². The van der Waals surface area contributed by atoms with Crippen LogP contribution in [-0.2, 0) is 20.9 Å². The molecule has 0 spiro atoms. The molecule has 1 fully saturated rings. The van der Waals surface area contributed by atoms with Gasteiger partial charge in [-0.3, -0.25) is 9.59 Å². The number of anilines is 2. The van der Waals surface area contributed by atoms with Crippen LogP contribution < -0.4 is 10.2 Å². The van der Waals surface area contributed by atoms with Crippen molar-refractivity contribution in [2.45, 2.75) is 26.3 Å². The van der Waals surface area contributed by atoms with Gasteiger partial charge in [-0.2, -0.15) is 0 Å². The van der Waals surface area contributed by atoms with Crippen molar-refractivity contribution >= 4 is 50.8 Å². The number of carbonyl (C=O) groups excluding carboxylic acids is 2. The SMILES string of the molecule is CCn1c2ccccc2c2cc(NC(=O)COC(=O)C3CCN(c4ccc5nnnn5n4)CC3)ccc21. The van der Waals surface area contributed by atoms with Crippen molar-refractivity contribution in [3.05, 3.63) is 54.6 Å². The van der Waals surface area contributed by atoms with E-state index in [1.165, 1.54) is 4.63 Å². The minimum absolute atomic E-state index is 0.252.